The summed E-state index contributed by atoms with van der Waals surface area (Å²) < 4.78 is 12.7. The third kappa shape index (κ3) is 1.83. The fourth-order valence-corrected chi connectivity index (χ4v) is 2.48. The molecule has 1 N–H and O–H groups in total. The molecule has 2 aliphatic heterocycles. The van der Waals surface area contributed by atoms with Crippen molar-refractivity contribution in [1.29, 1.82) is 0 Å². The molecule has 0 bridgehead atoms. The van der Waals surface area contributed by atoms with Crippen LogP contribution in [0.5, 0.6) is 0 Å². The Bertz CT molecular complexity index is 359. The molecule has 1 aromatic rings. The summed E-state index contributed by atoms with van der Waals surface area (Å²) in [5.41, 5.74) is 1.08. The van der Waals surface area contributed by atoms with Gasteiger partial charge in [-0.05, 0) is 12.1 Å². The molecule has 2 saturated heterocycles. The summed E-state index contributed by atoms with van der Waals surface area (Å²) in [5, 5.41) is 3.25. The van der Waals surface area contributed by atoms with E-state index in [1.54, 1.807) is 0 Å². The summed E-state index contributed by atoms with van der Waals surface area (Å²) in [6, 6.07) is 8.07. The molecule has 0 saturated carbocycles. The van der Waals surface area contributed by atoms with Gasteiger partial charge in [-0.3, -0.25) is 0 Å². The summed E-state index contributed by atoms with van der Waals surface area (Å²) in [6.45, 7) is 1.80. The molecule has 3 nitrogen and oxygen atoms in total. The van der Waals surface area contributed by atoms with E-state index in [4.69, 9.17) is 9.47 Å². The Labute approximate surface area is 96.9 Å². The van der Waals surface area contributed by atoms with Gasteiger partial charge < -0.3 is 14.8 Å². The van der Waals surface area contributed by atoms with Crippen LogP contribution in [0.1, 0.15) is 11.9 Å². The lowest BCUT2D eigenvalue weighted by Crippen LogP contribution is -2.18. The second kappa shape index (κ2) is 3.87. The molecule has 1 aromatic carbocycles. The minimum atomic E-state index is -0.195. The third-order valence-electron chi connectivity index (χ3n) is 2.82. The molecule has 0 aliphatic carbocycles. The highest BCUT2D eigenvalue weighted by atomic mass is 79.9. The highest BCUT2D eigenvalue weighted by Crippen LogP contribution is 2.33. The van der Waals surface area contributed by atoms with E-state index in [0.717, 1.165) is 23.1 Å². The minimum absolute atomic E-state index is 0.195. The maximum atomic E-state index is 5.82. The van der Waals surface area contributed by atoms with E-state index in [9.17, 15) is 0 Å². The van der Waals surface area contributed by atoms with Crippen LogP contribution in [0.15, 0.2) is 28.7 Å². The Hall–Kier alpha value is -0.420. The number of nitrogens with one attached hydrogen (secondary N) is 1. The van der Waals surface area contributed by atoms with Crippen LogP contribution in [-0.2, 0) is 9.47 Å². The summed E-state index contributed by atoms with van der Waals surface area (Å²) in [5.74, 6) is 0. The third-order valence-corrected chi connectivity index (χ3v) is 3.32. The zero-order valence-corrected chi connectivity index (χ0v) is 9.74. The van der Waals surface area contributed by atoms with Crippen molar-refractivity contribution < 1.29 is 9.47 Å². The predicted octanol–water partition coefficient (Wildman–Crippen LogP) is 1.83. The quantitative estimate of drug-likeness (QED) is 0.844. The number of halogens is 1. The number of hydrogen-bond donors (Lipinski definition) is 1. The lowest BCUT2D eigenvalue weighted by molar-refractivity contribution is -0.0729. The van der Waals surface area contributed by atoms with Gasteiger partial charge in [-0.1, -0.05) is 28.1 Å². The zero-order valence-electron chi connectivity index (χ0n) is 8.15. The molecular weight excluding hydrogens is 258 g/mol. The average Bonchev–Trinajstić information content (AvgIpc) is 2.76. The SMILES string of the molecule is Brc1cccc(C2OC3CNCC3O2)c1. The first-order valence-electron chi connectivity index (χ1n) is 5.10. The molecule has 3 rings (SSSR count). The van der Waals surface area contributed by atoms with E-state index < -0.39 is 0 Å². The van der Waals surface area contributed by atoms with Crippen molar-refractivity contribution in [3.63, 3.8) is 0 Å². The van der Waals surface area contributed by atoms with Gasteiger partial charge in [0, 0.05) is 23.1 Å². The van der Waals surface area contributed by atoms with Crippen LogP contribution in [0.25, 0.3) is 0 Å². The number of hydrogen-bond acceptors (Lipinski definition) is 3. The van der Waals surface area contributed by atoms with Crippen molar-refractivity contribution >= 4 is 15.9 Å². The lowest BCUT2D eigenvalue weighted by atomic mass is 10.2. The van der Waals surface area contributed by atoms with Crippen molar-refractivity contribution in [2.45, 2.75) is 18.5 Å². The standard InChI is InChI=1S/C11H12BrNO2/c12-8-3-1-2-7(4-8)11-14-9-5-13-6-10(9)15-11/h1-4,9-11,13H,5-6H2. The van der Waals surface area contributed by atoms with Crippen LogP contribution in [0.3, 0.4) is 0 Å². The molecule has 2 aliphatic rings. The van der Waals surface area contributed by atoms with Gasteiger partial charge >= 0.3 is 0 Å². The zero-order chi connectivity index (χ0) is 10.3. The first-order chi connectivity index (χ1) is 7.33. The smallest absolute Gasteiger partial charge is 0.184 e. The number of ether oxygens (including phenoxy) is 2. The Morgan fingerprint density at radius 3 is 2.60 bits per heavy atom. The fraction of sp³-hybridized carbons (Fsp3) is 0.455. The van der Waals surface area contributed by atoms with Crippen LogP contribution in [0.2, 0.25) is 0 Å². The molecule has 2 heterocycles. The van der Waals surface area contributed by atoms with Gasteiger partial charge in [0.25, 0.3) is 0 Å². The van der Waals surface area contributed by atoms with Gasteiger partial charge in [-0.15, -0.1) is 0 Å². The molecule has 0 amide bonds. The van der Waals surface area contributed by atoms with Crippen LogP contribution in [-0.4, -0.2) is 25.3 Å². The first kappa shape index (κ1) is 9.78. The highest BCUT2D eigenvalue weighted by molar-refractivity contribution is 9.10. The summed E-state index contributed by atoms with van der Waals surface area (Å²) >= 11 is 3.45. The molecule has 2 fully saturated rings. The summed E-state index contributed by atoms with van der Waals surface area (Å²) in [4.78, 5) is 0. The maximum absolute atomic E-state index is 5.82. The Kier molecular flexibility index (Phi) is 2.52. The largest absolute Gasteiger partial charge is 0.341 e. The first-order valence-corrected chi connectivity index (χ1v) is 5.89. The number of benzene rings is 1. The topological polar surface area (TPSA) is 30.5 Å². The van der Waals surface area contributed by atoms with Crippen LogP contribution >= 0.6 is 15.9 Å². The molecule has 0 spiro atoms. The average molecular weight is 270 g/mol. The van der Waals surface area contributed by atoms with Gasteiger partial charge in [-0.25, -0.2) is 0 Å². The molecule has 80 valence electrons. The van der Waals surface area contributed by atoms with Crippen molar-refractivity contribution in [3.05, 3.63) is 34.3 Å². The van der Waals surface area contributed by atoms with Gasteiger partial charge in [0.2, 0.25) is 0 Å². The molecule has 2 atom stereocenters. The minimum Gasteiger partial charge on any atom is -0.341 e. The van der Waals surface area contributed by atoms with E-state index in [1.807, 2.05) is 24.3 Å². The number of rotatable bonds is 1. The fourth-order valence-electron chi connectivity index (χ4n) is 2.06. The molecule has 0 radical (unpaired) electrons. The second-order valence-electron chi connectivity index (χ2n) is 3.89. The maximum Gasteiger partial charge on any atom is 0.184 e. The molecule has 15 heavy (non-hydrogen) atoms. The van der Waals surface area contributed by atoms with Gasteiger partial charge in [0.15, 0.2) is 6.29 Å². The summed E-state index contributed by atoms with van der Waals surface area (Å²) in [6.07, 6.45) is 0.238. The van der Waals surface area contributed by atoms with Crippen LogP contribution in [0.4, 0.5) is 0 Å². The Morgan fingerprint density at radius 2 is 1.93 bits per heavy atom. The van der Waals surface area contributed by atoms with E-state index >= 15 is 0 Å². The van der Waals surface area contributed by atoms with Crippen LogP contribution in [0, 0.1) is 0 Å². The van der Waals surface area contributed by atoms with Crippen molar-refractivity contribution in [3.8, 4) is 0 Å². The van der Waals surface area contributed by atoms with Gasteiger partial charge in [-0.2, -0.15) is 0 Å². The van der Waals surface area contributed by atoms with E-state index in [1.165, 1.54) is 0 Å². The van der Waals surface area contributed by atoms with E-state index in [0.29, 0.717) is 0 Å². The Balaban J connectivity index is 1.79. The molecule has 0 aromatic heterocycles. The van der Waals surface area contributed by atoms with Crippen molar-refractivity contribution in [2.24, 2.45) is 0 Å². The van der Waals surface area contributed by atoms with Crippen molar-refractivity contribution in [1.82, 2.24) is 5.32 Å². The molecule has 2 unspecified atom stereocenters. The summed E-state index contributed by atoms with van der Waals surface area (Å²) in [7, 11) is 0. The Morgan fingerprint density at radius 1 is 1.20 bits per heavy atom. The molecular formula is C11H12BrNO2. The number of fused-ring (bicyclic) bond motifs is 1. The van der Waals surface area contributed by atoms with E-state index in [2.05, 4.69) is 21.2 Å². The lowest BCUT2D eigenvalue weighted by Gasteiger charge is -2.12. The van der Waals surface area contributed by atoms with Crippen molar-refractivity contribution in [2.75, 3.05) is 13.1 Å². The second-order valence-corrected chi connectivity index (χ2v) is 4.81. The normalized spacial score (nSPS) is 34.3. The molecule has 4 heteroatoms. The van der Waals surface area contributed by atoms with Crippen LogP contribution < -0.4 is 5.32 Å². The predicted molar refractivity (Wildman–Crippen MR) is 59.5 cm³/mol. The van der Waals surface area contributed by atoms with E-state index in [-0.39, 0.29) is 18.5 Å². The van der Waals surface area contributed by atoms with Gasteiger partial charge in [0.05, 0.1) is 0 Å². The monoisotopic (exact) mass is 269 g/mol. The highest BCUT2D eigenvalue weighted by Gasteiger charge is 2.39. The van der Waals surface area contributed by atoms with Gasteiger partial charge in [0.1, 0.15) is 12.2 Å².